The zero-order valence-electron chi connectivity index (χ0n) is 10.4. The lowest BCUT2D eigenvalue weighted by Crippen LogP contribution is -2.06. The van der Waals surface area contributed by atoms with E-state index in [2.05, 4.69) is 0 Å². The molecule has 0 aliphatic heterocycles. The van der Waals surface area contributed by atoms with Crippen LogP contribution in [0.4, 0.5) is 4.39 Å². The quantitative estimate of drug-likeness (QED) is 0.715. The van der Waals surface area contributed by atoms with Crippen LogP contribution in [0.1, 0.15) is 5.56 Å². The van der Waals surface area contributed by atoms with E-state index < -0.39 is 0 Å². The number of ketones is 1. The highest BCUT2D eigenvalue weighted by Crippen LogP contribution is 2.26. The molecule has 0 saturated carbocycles. The number of hydrogen-bond acceptors (Lipinski definition) is 2. The summed E-state index contributed by atoms with van der Waals surface area (Å²) < 4.78 is 12.8. The van der Waals surface area contributed by atoms with E-state index in [4.69, 9.17) is 23.2 Å². The Morgan fingerprint density at radius 2 is 1.80 bits per heavy atom. The molecule has 0 N–H and O–H groups in total. The minimum atomic E-state index is -0.286. The number of carbonyl (C=O) groups is 1. The Bertz CT molecular complexity index is 614. The van der Waals surface area contributed by atoms with Crippen molar-refractivity contribution in [3.63, 3.8) is 0 Å². The second-order valence-electron chi connectivity index (χ2n) is 4.17. The molecule has 0 saturated heterocycles. The molecule has 2 aromatic carbocycles. The largest absolute Gasteiger partial charge is 0.298 e. The van der Waals surface area contributed by atoms with Gasteiger partial charge in [-0.1, -0.05) is 35.3 Å². The molecule has 2 rings (SSSR count). The average molecular weight is 329 g/mol. The van der Waals surface area contributed by atoms with Gasteiger partial charge in [0, 0.05) is 11.3 Å². The molecule has 0 aliphatic carbocycles. The van der Waals surface area contributed by atoms with Gasteiger partial charge in [0.15, 0.2) is 0 Å². The normalized spacial score (nSPS) is 10.6. The minimum absolute atomic E-state index is 0.0449. The van der Waals surface area contributed by atoms with Crippen molar-refractivity contribution in [2.45, 2.75) is 11.3 Å². The third-order valence-electron chi connectivity index (χ3n) is 2.63. The molecule has 0 heterocycles. The van der Waals surface area contributed by atoms with Crippen LogP contribution in [0, 0.1) is 5.82 Å². The Morgan fingerprint density at radius 3 is 2.50 bits per heavy atom. The number of hydrogen-bond donors (Lipinski definition) is 0. The van der Waals surface area contributed by atoms with Gasteiger partial charge >= 0.3 is 0 Å². The Morgan fingerprint density at radius 1 is 1.10 bits per heavy atom. The van der Waals surface area contributed by atoms with Crippen molar-refractivity contribution in [1.82, 2.24) is 0 Å². The van der Waals surface area contributed by atoms with E-state index in [0.29, 0.717) is 15.8 Å². The smallest absolute Gasteiger partial charge is 0.147 e. The third-order valence-corrected chi connectivity index (χ3v) is 4.56. The molecule has 104 valence electrons. The highest BCUT2D eigenvalue weighted by molar-refractivity contribution is 8.00. The number of Topliss-reactive ketones (excluding diaryl/α,β-unsaturated/α-hetero) is 1. The molecular weight excluding hydrogens is 318 g/mol. The van der Waals surface area contributed by atoms with E-state index in [-0.39, 0.29) is 18.0 Å². The van der Waals surface area contributed by atoms with Gasteiger partial charge < -0.3 is 0 Å². The van der Waals surface area contributed by atoms with Gasteiger partial charge in [0.2, 0.25) is 0 Å². The van der Waals surface area contributed by atoms with E-state index in [0.717, 1.165) is 10.5 Å². The Hall–Kier alpha value is -1.03. The number of benzene rings is 2. The number of rotatable bonds is 5. The molecule has 0 radical (unpaired) electrons. The van der Waals surface area contributed by atoms with E-state index in [1.165, 1.54) is 23.9 Å². The predicted molar refractivity (Wildman–Crippen MR) is 82.3 cm³/mol. The van der Waals surface area contributed by atoms with Crippen LogP contribution >= 0.6 is 35.0 Å². The lowest BCUT2D eigenvalue weighted by atomic mass is 10.1. The maximum atomic E-state index is 12.8. The van der Waals surface area contributed by atoms with E-state index in [1.54, 1.807) is 30.3 Å². The van der Waals surface area contributed by atoms with Crippen molar-refractivity contribution in [3.05, 3.63) is 63.9 Å². The van der Waals surface area contributed by atoms with Crippen LogP contribution < -0.4 is 0 Å². The summed E-state index contributed by atoms with van der Waals surface area (Å²) >= 11 is 13.3. The summed E-state index contributed by atoms with van der Waals surface area (Å²) in [7, 11) is 0. The highest BCUT2D eigenvalue weighted by atomic mass is 35.5. The van der Waals surface area contributed by atoms with E-state index in [1.807, 2.05) is 0 Å². The first-order valence-electron chi connectivity index (χ1n) is 5.89. The zero-order valence-corrected chi connectivity index (χ0v) is 12.7. The molecule has 0 unspecified atom stereocenters. The van der Waals surface area contributed by atoms with Gasteiger partial charge in [0.1, 0.15) is 11.6 Å². The van der Waals surface area contributed by atoms with Crippen molar-refractivity contribution in [3.8, 4) is 0 Å². The van der Waals surface area contributed by atoms with Crippen LogP contribution in [0.15, 0.2) is 47.4 Å². The molecule has 0 aromatic heterocycles. The molecule has 20 heavy (non-hydrogen) atoms. The summed E-state index contributed by atoms with van der Waals surface area (Å²) in [5, 5.41) is 0.873. The van der Waals surface area contributed by atoms with Crippen molar-refractivity contribution in [2.24, 2.45) is 0 Å². The Balaban J connectivity index is 1.92. The molecule has 0 fully saturated rings. The molecule has 0 bridgehead atoms. The second kappa shape index (κ2) is 7.11. The fourth-order valence-corrected chi connectivity index (χ4v) is 2.79. The van der Waals surface area contributed by atoms with Gasteiger partial charge in [-0.25, -0.2) is 4.39 Å². The second-order valence-corrected chi connectivity index (χ2v) is 6.00. The molecule has 5 heteroatoms. The third kappa shape index (κ3) is 4.23. The lowest BCUT2D eigenvalue weighted by Gasteiger charge is -2.05. The minimum Gasteiger partial charge on any atom is -0.298 e. The summed E-state index contributed by atoms with van der Waals surface area (Å²) in [5.41, 5.74) is 0.726. The van der Waals surface area contributed by atoms with Gasteiger partial charge in [-0.05, 0) is 35.9 Å². The summed E-state index contributed by atoms with van der Waals surface area (Å²) in [4.78, 5) is 12.8. The van der Waals surface area contributed by atoms with Crippen molar-refractivity contribution >= 4 is 40.7 Å². The van der Waals surface area contributed by atoms with Gasteiger partial charge in [0.05, 0.1) is 15.8 Å². The summed E-state index contributed by atoms with van der Waals surface area (Å²) in [6.07, 6.45) is 0.244. The predicted octanol–water partition coefficient (Wildman–Crippen LogP) is 5.04. The Kier molecular flexibility index (Phi) is 5.46. The van der Waals surface area contributed by atoms with Crippen LogP contribution in [0.5, 0.6) is 0 Å². The SMILES string of the molecule is O=C(CSc1ccc(F)cc1)Cc1cccc(Cl)c1Cl. The van der Waals surface area contributed by atoms with Gasteiger partial charge in [-0.15, -0.1) is 11.8 Å². The monoisotopic (exact) mass is 328 g/mol. The fraction of sp³-hybridized carbons (Fsp3) is 0.133. The fourth-order valence-electron chi connectivity index (χ4n) is 1.64. The van der Waals surface area contributed by atoms with Crippen molar-refractivity contribution in [1.29, 1.82) is 0 Å². The molecular formula is C15H11Cl2FOS. The van der Waals surface area contributed by atoms with Crippen LogP contribution in [-0.2, 0) is 11.2 Å². The molecule has 0 aliphatic rings. The molecule has 1 nitrogen and oxygen atoms in total. The molecule has 2 aromatic rings. The maximum Gasteiger partial charge on any atom is 0.147 e. The lowest BCUT2D eigenvalue weighted by molar-refractivity contribution is -0.116. The van der Waals surface area contributed by atoms with Gasteiger partial charge in [-0.3, -0.25) is 4.79 Å². The van der Waals surface area contributed by atoms with Crippen molar-refractivity contribution < 1.29 is 9.18 Å². The van der Waals surface area contributed by atoms with E-state index in [9.17, 15) is 9.18 Å². The first-order chi connectivity index (χ1) is 9.56. The maximum absolute atomic E-state index is 12.8. The standard InChI is InChI=1S/C15H11Cl2FOS/c16-14-3-1-2-10(15(14)17)8-12(19)9-20-13-6-4-11(18)5-7-13/h1-7H,8-9H2. The molecule has 0 atom stereocenters. The van der Waals surface area contributed by atoms with Crippen molar-refractivity contribution in [2.75, 3.05) is 5.75 Å². The van der Waals surface area contributed by atoms with Crippen LogP contribution in [0.3, 0.4) is 0 Å². The van der Waals surface area contributed by atoms with Gasteiger partial charge in [-0.2, -0.15) is 0 Å². The van der Waals surface area contributed by atoms with Crippen LogP contribution in [-0.4, -0.2) is 11.5 Å². The van der Waals surface area contributed by atoms with E-state index >= 15 is 0 Å². The number of carbonyl (C=O) groups excluding carboxylic acids is 1. The summed E-state index contributed by atoms with van der Waals surface area (Å²) in [5.74, 6) is 0.0731. The van der Waals surface area contributed by atoms with Gasteiger partial charge in [0.25, 0.3) is 0 Å². The molecule has 0 amide bonds. The van der Waals surface area contributed by atoms with Crippen LogP contribution in [0.2, 0.25) is 10.0 Å². The topological polar surface area (TPSA) is 17.1 Å². The number of halogens is 3. The number of thioether (sulfide) groups is 1. The zero-order chi connectivity index (χ0) is 14.5. The average Bonchev–Trinajstić information content (AvgIpc) is 2.43. The Labute approximate surface area is 131 Å². The summed E-state index contributed by atoms with van der Waals surface area (Å²) in [6.45, 7) is 0. The first-order valence-corrected chi connectivity index (χ1v) is 7.63. The van der Waals surface area contributed by atoms with Crippen LogP contribution in [0.25, 0.3) is 0 Å². The highest BCUT2D eigenvalue weighted by Gasteiger charge is 2.10. The first kappa shape index (κ1) is 15.4. The molecule has 0 spiro atoms. The summed E-state index contributed by atoms with van der Waals surface area (Å²) in [6, 6.07) is 11.3.